The molecule has 0 saturated carbocycles. The molecular formula is C19H24ClN3O. The first kappa shape index (κ1) is 18.3. The van der Waals surface area contributed by atoms with E-state index in [4.69, 9.17) is 16.3 Å². The van der Waals surface area contributed by atoms with Gasteiger partial charge in [-0.1, -0.05) is 48.0 Å². The van der Waals surface area contributed by atoms with Crippen LogP contribution in [0.1, 0.15) is 16.7 Å². The van der Waals surface area contributed by atoms with Crippen molar-refractivity contribution in [2.45, 2.75) is 19.6 Å². The Morgan fingerprint density at radius 3 is 2.54 bits per heavy atom. The third-order valence-corrected chi connectivity index (χ3v) is 3.82. The highest BCUT2D eigenvalue weighted by Gasteiger charge is 2.00. The van der Waals surface area contributed by atoms with E-state index >= 15 is 0 Å². The second kappa shape index (κ2) is 9.96. The minimum atomic E-state index is 0.625. The fourth-order valence-corrected chi connectivity index (χ4v) is 2.63. The smallest absolute Gasteiger partial charge is 0.191 e. The molecule has 2 aromatic carbocycles. The molecule has 0 saturated heterocycles. The van der Waals surface area contributed by atoms with Crippen LogP contribution >= 0.6 is 11.6 Å². The second-order valence-electron chi connectivity index (χ2n) is 5.49. The predicted octanol–water partition coefficient (Wildman–Crippen LogP) is 3.39. The summed E-state index contributed by atoms with van der Waals surface area (Å²) < 4.78 is 5.17. The van der Waals surface area contributed by atoms with Crippen molar-refractivity contribution >= 4 is 17.6 Å². The van der Waals surface area contributed by atoms with E-state index in [1.54, 1.807) is 14.2 Å². The van der Waals surface area contributed by atoms with Gasteiger partial charge in [0.15, 0.2) is 5.96 Å². The first-order valence-electron chi connectivity index (χ1n) is 7.97. The highest BCUT2D eigenvalue weighted by molar-refractivity contribution is 6.30. The molecule has 0 aliphatic rings. The summed E-state index contributed by atoms with van der Waals surface area (Å²) >= 11 is 6.00. The van der Waals surface area contributed by atoms with Crippen LogP contribution in [0.5, 0.6) is 0 Å². The number of hydrogen-bond acceptors (Lipinski definition) is 2. The first-order valence-corrected chi connectivity index (χ1v) is 8.35. The summed E-state index contributed by atoms with van der Waals surface area (Å²) in [7, 11) is 3.48. The van der Waals surface area contributed by atoms with Gasteiger partial charge in [0.25, 0.3) is 0 Å². The van der Waals surface area contributed by atoms with Gasteiger partial charge in [0.05, 0.1) is 6.61 Å². The zero-order valence-electron chi connectivity index (χ0n) is 14.2. The maximum Gasteiger partial charge on any atom is 0.191 e. The van der Waals surface area contributed by atoms with Crippen molar-refractivity contribution in [3.05, 3.63) is 70.2 Å². The molecule has 2 aromatic rings. The lowest BCUT2D eigenvalue weighted by Gasteiger charge is -2.12. The average molecular weight is 346 g/mol. The van der Waals surface area contributed by atoms with Gasteiger partial charge in [0, 0.05) is 32.3 Å². The number of aliphatic imine (C=N–C) groups is 1. The summed E-state index contributed by atoms with van der Waals surface area (Å²) in [6.07, 6.45) is 0.893. The number of guanidine groups is 1. The zero-order chi connectivity index (χ0) is 17.2. The van der Waals surface area contributed by atoms with Gasteiger partial charge in [-0.15, -0.1) is 0 Å². The van der Waals surface area contributed by atoms with E-state index in [0.29, 0.717) is 13.2 Å². The number of ether oxygens (including phenoxy) is 1. The van der Waals surface area contributed by atoms with E-state index in [1.165, 1.54) is 16.7 Å². The molecule has 2 N–H and O–H groups in total. The average Bonchev–Trinajstić information content (AvgIpc) is 2.59. The lowest BCUT2D eigenvalue weighted by atomic mass is 10.1. The first-order chi connectivity index (χ1) is 11.7. The molecule has 0 aliphatic carbocycles. The summed E-state index contributed by atoms with van der Waals surface area (Å²) in [5.41, 5.74) is 3.57. The molecule has 0 unspecified atom stereocenters. The number of methoxy groups -OCH3 is 1. The molecule has 0 amide bonds. The van der Waals surface area contributed by atoms with Crippen LogP contribution in [0.3, 0.4) is 0 Å². The number of hydrogen-bond donors (Lipinski definition) is 2. The third-order valence-electron chi connectivity index (χ3n) is 3.58. The summed E-state index contributed by atoms with van der Waals surface area (Å²) in [6, 6.07) is 16.2. The van der Waals surface area contributed by atoms with E-state index in [-0.39, 0.29) is 0 Å². The fraction of sp³-hybridized carbons (Fsp3) is 0.316. The molecule has 0 atom stereocenters. The topological polar surface area (TPSA) is 45.7 Å². The van der Waals surface area contributed by atoms with Crippen molar-refractivity contribution < 1.29 is 4.74 Å². The number of halogens is 1. The molecule has 5 heteroatoms. The van der Waals surface area contributed by atoms with Crippen LogP contribution in [-0.2, 0) is 24.3 Å². The molecule has 0 heterocycles. The second-order valence-corrected chi connectivity index (χ2v) is 5.92. The Morgan fingerprint density at radius 1 is 1.04 bits per heavy atom. The fourth-order valence-electron chi connectivity index (χ4n) is 2.42. The van der Waals surface area contributed by atoms with Gasteiger partial charge < -0.3 is 15.4 Å². The largest absolute Gasteiger partial charge is 0.380 e. The minimum absolute atomic E-state index is 0.625. The number of rotatable bonds is 7. The van der Waals surface area contributed by atoms with Crippen LogP contribution in [0.2, 0.25) is 5.02 Å². The zero-order valence-corrected chi connectivity index (χ0v) is 14.9. The summed E-state index contributed by atoms with van der Waals surface area (Å²) in [5.74, 6) is 0.786. The predicted molar refractivity (Wildman–Crippen MR) is 101 cm³/mol. The quantitative estimate of drug-likeness (QED) is 0.597. The Bertz CT molecular complexity index is 673. The van der Waals surface area contributed by atoms with Gasteiger partial charge in [-0.3, -0.25) is 4.99 Å². The van der Waals surface area contributed by atoms with Gasteiger partial charge in [0.1, 0.15) is 0 Å². The third kappa shape index (κ3) is 6.22. The van der Waals surface area contributed by atoms with Crippen LogP contribution in [0.15, 0.2) is 53.5 Å². The molecule has 2 rings (SSSR count). The Morgan fingerprint density at radius 2 is 1.79 bits per heavy atom. The molecule has 0 bridgehead atoms. The highest BCUT2D eigenvalue weighted by Crippen LogP contribution is 2.10. The molecule has 0 aromatic heterocycles. The normalized spacial score (nSPS) is 11.4. The summed E-state index contributed by atoms with van der Waals surface area (Å²) in [4.78, 5) is 4.25. The van der Waals surface area contributed by atoms with Crippen LogP contribution in [0, 0.1) is 0 Å². The van der Waals surface area contributed by atoms with E-state index in [2.05, 4.69) is 39.9 Å². The molecule has 128 valence electrons. The van der Waals surface area contributed by atoms with Crippen LogP contribution < -0.4 is 10.6 Å². The Balaban J connectivity index is 1.79. The Labute approximate surface area is 148 Å². The monoisotopic (exact) mass is 345 g/mol. The van der Waals surface area contributed by atoms with Gasteiger partial charge in [-0.25, -0.2) is 0 Å². The van der Waals surface area contributed by atoms with Gasteiger partial charge in [-0.05, 0) is 35.2 Å². The van der Waals surface area contributed by atoms with Gasteiger partial charge >= 0.3 is 0 Å². The van der Waals surface area contributed by atoms with Crippen LogP contribution in [0.25, 0.3) is 0 Å². The number of nitrogens with one attached hydrogen (secondary N) is 2. The molecule has 0 fully saturated rings. The molecule has 0 aliphatic heterocycles. The summed E-state index contributed by atoms with van der Waals surface area (Å²) in [5, 5.41) is 7.41. The standard InChI is InChI=1S/C19H24ClN3O/c1-21-19(22-10-9-15-5-4-8-18(20)12-15)23-13-16-6-3-7-17(11-16)14-24-2/h3-8,11-12H,9-10,13-14H2,1-2H3,(H2,21,22,23). The maximum atomic E-state index is 6.00. The maximum absolute atomic E-state index is 6.00. The minimum Gasteiger partial charge on any atom is -0.380 e. The van der Waals surface area contributed by atoms with E-state index in [1.807, 2.05) is 24.3 Å². The molecule has 0 spiro atoms. The molecule has 24 heavy (non-hydrogen) atoms. The van der Waals surface area contributed by atoms with Crippen LogP contribution in [-0.4, -0.2) is 26.7 Å². The molecule has 4 nitrogen and oxygen atoms in total. The van der Waals surface area contributed by atoms with E-state index < -0.39 is 0 Å². The number of nitrogens with zero attached hydrogens (tertiary/aromatic N) is 1. The van der Waals surface area contributed by atoms with Gasteiger partial charge in [-0.2, -0.15) is 0 Å². The molecule has 0 radical (unpaired) electrons. The van der Waals surface area contributed by atoms with Crippen LogP contribution in [0.4, 0.5) is 0 Å². The lowest BCUT2D eigenvalue weighted by molar-refractivity contribution is 0.185. The van der Waals surface area contributed by atoms with Crippen molar-refractivity contribution in [3.8, 4) is 0 Å². The highest BCUT2D eigenvalue weighted by atomic mass is 35.5. The number of benzene rings is 2. The summed E-state index contributed by atoms with van der Waals surface area (Å²) in [6.45, 7) is 2.14. The molecular weight excluding hydrogens is 322 g/mol. The van der Waals surface area contributed by atoms with Crippen molar-refractivity contribution in [2.75, 3.05) is 20.7 Å². The SMILES string of the molecule is CN=C(NCCc1cccc(Cl)c1)NCc1cccc(COC)c1. The Hall–Kier alpha value is -2.04. The van der Waals surface area contributed by atoms with E-state index in [0.717, 1.165) is 23.9 Å². The van der Waals surface area contributed by atoms with Gasteiger partial charge in [0.2, 0.25) is 0 Å². The lowest BCUT2D eigenvalue weighted by Crippen LogP contribution is -2.37. The van der Waals surface area contributed by atoms with Crippen molar-refractivity contribution in [1.82, 2.24) is 10.6 Å². The van der Waals surface area contributed by atoms with Crippen molar-refractivity contribution in [1.29, 1.82) is 0 Å². The van der Waals surface area contributed by atoms with Crippen molar-refractivity contribution in [3.63, 3.8) is 0 Å². The van der Waals surface area contributed by atoms with E-state index in [9.17, 15) is 0 Å². The Kier molecular flexibility index (Phi) is 7.59. The van der Waals surface area contributed by atoms with Crippen molar-refractivity contribution in [2.24, 2.45) is 4.99 Å².